The summed E-state index contributed by atoms with van der Waals surface area (Å²) in [5.41, 5.74) is 0.635. The summed E-state index contributed by atoms with van der Waals surface area (Å²) in [5.74, 6) is 0.936. The zero-order chi connectivity index (χ0) is 15.2. The van der Waals surface area contributed by atoms with Gasteiger partial charge in [0, 0.05) is 6.04 Å². The summed E-state index contributed by atoms with van der Waals surface area (Å²) >= 11 is 0. The second-order valence-corrected chi connectivity index (χ2v) is 5.55. The molecule has 5 nitrogen and oxygen atoms in total. The zero-order valence-corrected chi connectivity index (χ0v) is 12.8. The molecule has 0 radical (unpaired) electrons. The summed E-state index contributed by atoms with van der Waals surface area (Å²) in [4.78, 5) is 11.0. The molecule has 2 rings (SSSR count). The molecule has 0 aromatic heterocycles. The molecule has 21 heavy (non-hydrogen) atoms. The number of nitro groups is 1. The molecule has 1 aromatic rings. The van der Waals surface area contributed by atoms with Crippen LogP contribution in [0.1, 0.15) is 46.0 Å². The lowest BCUT2D eigenvalue weighted by molar-refractivity contribution is -0.385. The van der Waals surface area contributed by atoms with Crippen molar-refractivity contribution in [3.8, 4) is 5.75 Å². The molecule has 0 spiro atoms. The van der Waals surface area contributed by atoms with Gasteiger partial charge in [0.25, 0.3) is 0 Å². The van der Waals surface area contributed by atoms with Crippen LogP contribution in [0.2, 0.25) is 0 Å². The Morgan fingerprint density at radius 1 is 1.33 bits per heavy atom. The topological polar surface area (TPSA) is 64.4 Å². The van der Waals surface area contributed by atoms with Gasteiger partial charge in [-0.25, -0.2) is 0 Å². The first kappa shape index (κ1) is 15.6. The van der Waals surface area contributed by atoms with Crippen LogP contribution < -0.4 is 10.1 Å². The maximum atomic E-state index is 11.4. The lowest BCUT2D eigenvalue weighted by Gasteiger charge is -2.32. The van der Waals surface area contributed by atoms with E-state index in [1.807, 2.05) is 13.0 Å². The summed E-state index contributed by atoms with van der Waals surface area (Å²) < 4.78 is 5.40. The zero-order valence-electron chi connectivity index (χ0n) is 12.8. The summed E-state index contributed by atoms with van der Waals surface area (Å²) in [6, 6.07) is 5.57. The molecule has 0 amide bonds. The molecule has 0 aliphatic heterocycles. The molecule has 1 aromatic carbocycles. The van der Waals surface area contributed by atoms with Crippen LogP contribution in [0.4, 0.5) is 11.4 Å². The van der Waals surface area contributed by atoms with Gasteiger partial charge >= 0.3 is 5.69 Å². The molecule has 0 saturated heterocycles. The summed E-state index contributed by atoms with van der Waals surface area (Å²) in [5, 5.41) is 14.8. The Morgan fingerprint density at radius 2 is 2.10 bits per heavy atom. The fraction of sp³-hybridized carbons (Fsp3) is 0.625. The van der Waals surface area contributed by atoms with Crippen LogP contribution in [0, 0.1) is 16.0 Å². The van der Waals surface area contributed by atoms with E-state index in [0.717, 1.165) is 12.8 Å². The van der Waals surface area contributed by atoms with E-state index >= 15 is 0 Å². The second-order valence-electron chi connectivity index (χ2n) is 5.55. The van der Waals surface area contributed by atoms with Crippen molar-refractivity contribution in [1.29, 1.82) is 0 Å². The average Bonchev–Trinajstić information content (AvgIpc) is 2.48. The number of nitrogens with one attached hydrogen (secondary N) is 1. The van der Waals surface area contributed by atoms with Crippen molar-refractivity contribution in [3.63, 3.8) is 0 Å². The Hall–Kier alpha value is -1.78. The molecule has 2 atom stereocenters. The third kappa shape index (κ3) is 3.65. The smallest absolute Gasteiger partial charge is 0.333 e. The molecule has 1 aliphatic carbocycles. The molecule has 116 valence electrons. The SMILES string of the molecule is CCOc1cccc(NC2CCCCC2CC)c1[N+](=O)[O-]. The molecular formula is C16H24N2O3. The molecule has 2 unspecified atom stereocenters. The number of nitrogens with zero attached hydrogens (tertiary/aromatic N) is 1. The van der Waals surface area contributed by atoms with Gasteiger partial charge < -0.3 is 10.1 Å². The summed E-state index contributed by atoms with van der Waals surface area (Å²) in [6.07, 6.45) is 5.84. The highest BCUT2D eigenvalue weighted by Gasteiger charge is 2.27. The number of nitro benzene ring substituents is 1. The fourth-order valence-corrected chi connectivity index (χ4v) is 3.19. The Bertz CT molecular complexity index is 490. The largest absolute Gasteiger partial charge is 0.487 e. The van der Waals surface area contributed by atoms with Crippen LogP contribution in [-0.4, -0.2) is 17.6 Å². The Kier molecular flexibility index (Phi) is 5.42. The van der Waals surface area contributed by atoms with E-state index in [-0.39, 0.29) is 10.6 Å². The standard InChI is InChI=1S/C16H24N2O3/c1-3-12-8-5-6-9-13(12)17-14-10-7-11-15(21-4-2)16(14)18(19)20/h7,10-13,17H,3-6,8-9H2,1-2H3. The van der Waals surface area contributed by atoms with Gasteiger partial charge in [-0.15, -0.1) is 0 Å². The van der Waals surface area contributed by atoms with Crippen molar-refractivity contribution in [2.45, 2.75) is 52.0 Å². The van der Waals surface area contributed by atoms with Crippen molar-refractivity contribution in [2.24, 2.45) is 5.92 Å². The van der Waals surface area contributed by atoms with Crippen molar-refractivity contribution in [3.05, 3.63) is 28.3 Å². The van der Waals surface area contributed by atoms with Gasteiger partial charge in [0.05, 0.1) is 11.5 Å². The van der Waals surface area contributed by atoms with Gasteiger partial charge in [-0.3, -0.25) is 10.1 Å². The number of benzene rings is 1. The van der Waals surface area contributed by atoms with E-state index in [0.29, 0.717) is 30.0 Å². The van der Waals surface area contributed by atoms with Gasteiger partial charge in [0.1, 0.15) is 5.69 Å². The minimum Gasteiger partial charge on any atom is -0.487 e. The summed E-state index contributed by atoms with van der Waals surface area (Å²) in [6.45, 7) is 4.44. The normalized spacial score (nSPS) is 21.8. The predicted octanol–water partition coefficient (Wildman–Crippen LogP) is 4.37. The highest BCUT2D eigenvalue weighted by Crippen LogP contribution is 2.37. The summed E-state index contributed by atoms with van der Waals surface area (Å²) in [7, 11) is 0. The molecule has 1 fully saturated rings. The van der Waals surface area contributed by atoms with Crippen molar-refractivity contribution in [2.75, 3.05) is 11.9 Å². The van der Waals surface area contributed by atoms with Gasteiger partial charge in [-0.2, -0.15) is 0 Å². The first-order valence-electron chi connectivity index (χ1n) is 7.84. The molecule has 1 N–H and O–H groups in total. The third-order valence-corrected chi connectivity index (χ3v) is 4.26. The molecular weight excluding hydrogens is 268 g/mol. The van der Waals surface area contributed by atoms with Crippen molar-refractivity contribution < 1.29 is 9.66 Å². The molecule has 1 saturated carbocycles. The minimum absolute atomic E-state index is 0.0553. The fourth-order valence-electron chi connectivity index (χ4n) is 3.19. The molecule has 1 aliphatic rings. The second kappa shape index (κ2) is 7.29. The maximum absolute atomic E-state index is 11.4. The van der Waals surface area contributed by atoms with Gasteiger partial charge in [-0.05, 0) is 37.8 Å². The van der Waals surface area contributed by atoms with Crippen LogP contribution in [0.5, 0.6) is 5.75 Å². The van der Waals surface area contributed by atoms with Crippen LogP contribution >= 0.6 is 0 Å². The Labute approximate surface area is 125 Å². The van der Waals surface area contributed by atoms with Crippen LogP contribution in [-0.2, 0) is 0 Å². The predicted molar refractivity (Wildman–Crippen MR) is 83.9 cm³/mol. The number of hydrogen-bond acceptors (Lipinski definition) is 4. The highest BCUT2D eigenvalue weighted by molar-refractivity contribution is 5.68. The number of rotatable bonds is 6. The van der Waals surface area contributed by atoms with Crippen LogP contribution in [0.15, 0.2) is 18.2 Å². The van der Waals surface area contributed by atoms with E-state index in [9.17, 15) is 10.1 Å². The lowest BCUT2D eigenvalue weighted by atomic mass is 9.83. The Morgan fingerprint density at radius 3 is 2.76 bits per heavy atom. The number of hydrogen-bond donors (Lipinski definition) is 1. The monoisotopic (exact) mass is 292 g/mol. The molecule has 0 heterocycles. The van der Waals surface area contributed by atoms with E-state index in [4.69, 9.17) is 4.74 Å². The molecule has 0 bridgehead atoms. The van der Waals surface area contributed by atoms with Gasteiger partial charge in [0.2, 0.25) is 0 Å². The average molecular weight is 292 g/mol. The van der Waals surface area contributed by atoms with Crippen LogP contribution in [0.25, 0.3) is 0 Å². The Balaban J connectivity index is 2.26. The van der Waals surface area contributed by atoms with E-state index in [1.165, 1.54) is 19.3 Å². The molecule has 5 heteroatoms. The minimum atomic E-state index is -0.350. The quantitative estimate of drug-likeness (QED) is 0.624. The lowest BCUT2D eigenvalue weighted by Crippen LogP contribution is -2.32. The van der Waals surface area contributed by atoms with E-state index in [1.54, 1.807) is 12.1 Å². The van der Waals surface area contributed by atoms with E-state index < -0.39 is 0 Å². The van der Waals surface area contributed by atoms with Gasteiger partial charge in [0.15, 0.2) is 5.75 Å². The van der Waals surface area contributed by atoms with Crippen LogP contribution in [0.3, 0.4) is 0 Å². The third-order valence-electron chi connectivity index (χ3n) is 4.26. The number of ether oxygens (including phenoxy) is 1. The number of anilines is 1. The highest BCUT2D eigenvalue weighted by atomic mass is 16.6. The first-order valence-corrected chi connectivity index (χ1v) is 7.84. The van der Waals surface area contributed by atoms with Crippen molar-refractivity contribution in [1.82, 2.24) is 0 Å². The van der Waals surface area contributed by atoms with Gasteiger partial charge in [-0.1, -0.05) is 32.3 Å². The van der Waals surface area contributed by atoms with Crippen molar-refractivity contribution >= 4 is 11.4 Å². The first-order chi connectivity index (χ1) is 10.2. The maximum Gasteiger partial charge on any atom is 0.333 e. The number of para-hydroxylation sites is 1. The van der Waals surface area contributed by atoms with E-state index in [2.05, 4.69) is 12.2 Å².